The molecule has 9 nitrogen and oxygen atoms in total. The predicted molar refractivity (Wildman–Crippen MR) is 80.3 cm³/mol. The Hall–Kier alpha value is -2.29. The van der Waals surface area contributed by atoms with Gasteiger partial charge in [0.05, 0.1) is 12.2 Å². The molecule has 0 N–H and O–H groups in total. The highest BCUT2D eigenvalue weighted by atomic mass is 16.5. The van der Waals surface area contributed by atoms with Crippen LogP contribution < -0.4 is 0 Å². The maximum absolute atomic E-state index is 12.2. The van der Waals surface area contributed by atoms with Gasteiger partial charge in [0.25, 0.3) is 0 Å². The number of carbonyl (C=O) groups excluding carboxylic acids is 1. The summed E-state index contributed by atoms with van der Waals surface area (Å²) < 4.78 is 6.78. The quantitative estimate of drug-likeness (QED) is 0.766. The fraction of sp³-hybridized carbons (Fsp3) is 0.643. The third-order valence-electron chi connectivity index (χ3n) is 4.23. The fourth-order valence-corrected chi connectivity index (χ4v) is 2.76. The molecule has 3 heterocycles. The molecular formula is C14H21N7O2. The molecule has 1 saturated heterocycles. The molecule has 1 fully saturated rings. The molecule has 0 spiro atoms. The number of aryl methyl sites for hydroxylation is 3. The lowest BCUT2D eigenvalue weighted by atomic mass is 10.1. The minimum Gasteiger partial charge on any atom is -0.361 e. The van der Waals surface area contributed by atoms with E-state index in [1.807, 2.05) is 18.7 Å². The number of piperazine rings is 1. The van der Waals surface area contributed by atoms with E-state index in [1.165, 1.54) is 6.33 Å². The Balaban J connectivity index is 1.45. The predicted octanol–water partition coefficient (Wildman–Crippen LogP) is 0.0124. The Bertz CT molecular complexity index is 625. The molecule has 0 unspecified atom stereocenters. The van der Waals surface area contributed by atoms with Gasteiger partial charge in [0.1, 0.15) is 12.1 Å². The van der Waals surface area contributed by atoms with E-state index in [1.54, 1.807) is 4.68 Å². The number of aromatic nitrogens is 5. The first-order chi connectivity index (χ1) is 11.1. The van der Waals surface area contributed by atoms with Gasteiger partial charge in [-0.2, -0.15) is 0 Å². The number of hydrogen-bond acceptors (Lipinski definition) is 7. The molecule has 23 heavy (non-hydrogen) atoms. The van der Waals surface area contributed by atoms with Gasteiger partial charge in [0.2, 0.25) is 5.91 Å². The van der Waals surface area contributed by atoms with E-state index in [9.17, 15) is 4.79 Å². The van der Waals surface area contributed by atoms with Crippen LogP contribution in [0.15, 0.2) is 10.9 Å². The highest BCUT2D eigenvalue weighted by Crippen LogP contribution is 2.16. The van der Waals surface area contributed by atoms with Crippen LogP contribution >= 0.6 is 0 Å². The summed E-state index contributed by atoms with van der Waals surface area (Å²) in [5.74, 6) is 1.03. The third-order valence-corrected chi connectivity index (χ3v) is 4.23. The summed E-state index contributed by atoms with van der Waals surface area (Å²) in [6.45, 7) is 8.47. The lowest BCUT2D eigenvalue weighted by Gasteiger charge is -2.34. The third kappa shape index (κ3) is 3.73. The van der Waals surface area contributed by atoms with Crippen LogP contribution in [0.4, 0.5) is 0 Å². The first-order valence-electron chi connectivity index (χ1n) is 7.76. The van der Waals surface area contributed by atoms with Crippen LogP contribution in [0.1, 0.15) is 23.4 Å². The Morgan fingerprint density at radius 2 is 2.04 bits per heavy atom. The molecule has 0 saturated carbocycles. The lowest BCUT2D eigenvalue weighted by Crippen LogP contribution is -2.48. The van der Waals surface area contributed by atoms with Crippen molar-refractivity contribution in [1.82, 2.24) is 35.2 Å². The van der Waals surface area contributed by atoms with Crippen LogP contribution in [0.5, 0.6) is 0 Å². The summed E-state index contributed by atoms with van der Waals surface area (Å²) in [6, 6.07) is 0. The molecule has 2 aromatic rings. The van der Waals surface area contributed by atoms with Crippen LogP contribution in [0.3, 0.4) is 0 Å². The number of carbonyl (C=O) groups is 1. The van der Waals surface area contributed by atoms with Gasteiger partial charge in [0, 0.05) is 44.7 Å². The van der Waals surface area contributed by atoms with Crippen molar-refractivity contribution in [1.29, 1.82) is 0 Å². The molecule has 0 bridgehead atoms. The highest BCUT2D eigenvalue weighted by Gasteiger charge is 2.22. The minimum absolute atomic E-state index is 0.150. The second-order valence-corrected chi connectivity index (χ2v) is 5.78. The van der Waals surface area contributed by atoms with E-state index in [2.05, 4.69) is 25.6 Å². The fourth-order valence-electron chi connectivity index (χ4n) is 2.76. The van der Waals surface area contributed by atoms with Crippen molar-refractivity contribution >= 4 is 5.91 Å². The van der Waals surface area contributed by atoms with Crippen LogP contribution in [0.25, 0.3) is 0 Å². The lowest BCUT2D eigenvalue weighted by molar-refractivity contribution is -0.133. The molecule has 0 radical (unpaired) electrons. The maximum atomic E-state index is 12.2. The molecule has 9 heteroatoms. The van der Waals surface area contributed by atoms with E-state index < -0.39 is 0 Å². The molecule has 1 aliphatic rings. The highest BCUT2D eigenvalue weighted by molar-refractivity contribution is 5.76. The van der Waals surface area contributed by atoms with Gasteiger partial charge in [-0.05, 0) is 24.3 Å². The van der Waals surface area contributed by atoms with Gasteiger partial charge < -0.3 is 9.42 Å². The topological polar surface area (TPSA) is 93.2 Å². The second-order valence-electron chi connectivity index (χ2n) is 5.78. The minimum atomic E-state index is 0.150. The number of hydrogen-bond donors (Lipinski definition) is 0. The van der Waals surface area contributed by atoms with E-state index in [-0.39, 0.29) is 5.91 Å². The molecule has 3 rings (SSSR count). The summed E-state index contributed by atoms with van der Waals surface area (Å²) in [7, 11) is 0. The summed E-state index contributed by atoms with van der Waals surface area (Å²) in [6.07, 6.45) is 1.95. The first kappa shape index (κ1) is 15.6. The number of nitrogens with zero attached hydrogens (tertiary/aromatic N) is 7. The normalized spacial score (nSPS) is 16.0. The Labute approximate surface area is 134 Å². The van der Waals surface area contributed by atoms with Crippen LogP contribution in [-0.4, -0.2) is 67.2 Å². The zero-order chi connectivity index (χ0) is 16.2. The Morgan fingerprint density at radius 3 is 2.65 bits per heavy atom. The second kappa shape index (κ2) is 6.86. The maximum Gasteiger partial charge on any atom is 0.224 e. The van der Waals surface area contributed by atoms with Crippen molar-refractivity contribution in [2.24, 2.45) is 0 Å². The molecule has 0 aliphatic carbocycles. The summed E-state index contributed by atoms with van der Waals surface area (Å²) in [4.78, 5) is 16.5. The van der Waals surface area contributed by atoms with E-state index in [0.717, 1.165) is 49.7 Å². The summed E-state index contributed by atoms with van der Waals surface area (Å²) in [5, 5.41) is 14.9. The number of tetrazole rings is 1. The first-order valence-corrected chi connectivity index (χ1v) is 7.76. The van der Waals surface area contributed by atoms with Gasteiger partial charge in [0.15, 0.2) is 0 Å². The molecule has 0 atom stereocenters. The van der Waals surface area contributed by atoms with E-state index in [4.69, 9.17) is 4.52 Å². The Kier molecular flexibility index (Phi) is 4.65. The average Bonchev–Trinajstić information content (AvgIpc) is 3.18. The van der Waals surface area contributed by atoms with Crippen molar-refractivity contribution in [3.8, 4) is 0 Å². The van der Waals surface area contributed by atoms with Crippen LogP contribution in [0, 0.1) is 13.8 Å². The largest absolute Gasteiger partial charge is 0.361 e. The molecule has 1 amide bonds. The van der Waals surface area contributed by atoms with Gasteiger partial charge in [-0.1, -0.05) is 5.16 Å². The van der Waals surface area contributed by atoms with Gasteiger partial charge in [-0.15, -0.1) is 5.10 Å². The van der Waals surface area contributed by atoms with Gasteiger partial charge >= 0.3 is 0 Å². The van der Waals surface area contributed by atoms with Crippen molar-refractivity contribution in [2.75, 3.05) is 26.2 Å². The molecular weight excluding hydrogens is 298 g/mol. The average molecular weight is 319 g/mol. The van der Waals surface area contributed by atoms with Crippen LogP contribution in [0.2, 0.25) is 0 Å². The van der Waals surface area contributed by atoms with Crippen molar-refractivity contribution in [2.45, 2.75) is 33.4 Å². The zero-order valence-corrected chi connectivity index (χ0v) is 13.5. The SMILES string of the molecule is Cc1noc(C)c1CN1CCN(C(=O)CCn2cnnn2)CC1. The summed E-state index contributed by atoms with van der Waals surface area (Å²) in [5.41, 5.74) is 2.10. The van der Waals surface area contributed by atoms with E-state index >= 15 is 0 Å². The number of rotatable bonds is 5. The van der Waals surface area contributed by atoms with Crippen molar-refractivity contribution in [3.05, 3.63) is 23.3 Å². The smallest absolute Gasteiger partial charge is 0.224 e. The zero-order valence-electron chi connectivity index (χ0n) is 13.5. The van der Waals surface area contributed by atoms with Crippen molar-refractivity contribution < 1.29 is 9.32 Å². The van der Waals surface area contributed by atoms with Crippen LogP contribution in [-0.2, 0) is 17.9 Å². The molecule has 0 aromatic carbocycles. The standard InChI is InChI=1S/C14H21N7O2/c1-11-13(12(2)23-16-11)9-19-5-7-20(8-6-19)14(22)3-4-21-10-15-17-18-21/h10H,3-9H2,1-2H3. The summed E-state index contributed by atoms with van der Waals surface area (Å²) >= 11 is 0. The van der Waals surface area contributed by atoms with E-state index in [0.29, 0.717) is 13.0 Å². The van der Waals surface area contributed by atoms with Gasteiger partial charge in [-0.3, -0.25) is 9.69 Å². The monoisotopic (exact) mass is 319 g/mol. The Morgan fingerprint density at radius 1 is 1.26 bits per heavy atom. The number of amides is 1. The molecule has 1 aliphatic heterocycles. The van der Waals surface area contributed by atoms with Crippen molar-refractivity contribution in [3.63, 3.8) is 0 Å². The molecule has 2 aromatic heterocycles. The molecule has 124 valence electrons. The van der Waals surface area contributed by atoms with Gasteiger partial charge in [-0.25, -0.2) is 4.68 Å².